The molecule has 1 aromatic carbocycles. The van der Waals surface area contributed by atoms with E-state index >= 15 is 0 Å². The molecule has 0 unspecified atom stereocenters. The van der Waals surface area contributed by atoms with Gasteiger partial charge in [-0.1, -0.05) is 38.3 Å². The van der Waals surface area contributed by atoms with Gasteiger partial charge in [0.1, 0.15) is 5.75 Å². The number of rotatable bonds is 13. The van der Waals surface area contributed by atoms with Crippen molar-refractivity contribution in [3.05, 3.63) is 29.8 Å². The molecule has 1 amide bonds. The van der Waals surface area contributed by atoms with Gasteiger partial charge in [0.05, 0.1) is 12.2 Å². The number of nitrogens with zero attached hydrogens (tertiary/aromatic N) is 1. The molecule has 0 aliphatic heterocycles. The lowest BCUT2D eigenvalue weighted by atomic mass is 10.1. The Labute approximate surface area is 153 Å². The zero-order chi connectivity index (χ0) is 18.5. The van der Waals surface area contributed by atoms with Gasteiger partial charge in [-0.05, 0) is 45.2 Å². The SMILES string of the molecule is CCCCCCN(C(=O)c1ccccc1OCCCCOC)C(C)C. The minimum absolute atomic E-state index is 0.0685. The van der Waals surface area contributed by atoms with E-state index in [4.69, 9.17) is 9.47 Å². The van der Waals surface area contributed by atoms with Crippen LogP contribution in [-0.4, -0.2) is 43.7 Å². The Morgan fingerprint density at radius 1 is 1.04 bits per heavy atom. The highest BCUT2D eigenvalue weighted by molar-refractivity contribution is 5.97. The Bertz CT molecular complexity index is 488. The zero-order valence-electron chi connectivity index (χ0n) is 16.4. The van der Waals surface area contributed by atoms with Crippen LogP contribution >= 0.6 is 0 Å². The molecule has 0 aliphatic rings. The third-order valence-electron chi connectivity index (χ3n) is 4.25. The average molecular weight is 350 g/mol. The number of amides is 1. The van der Waals surface area contributed by atoms with Crippen molar-refractivity contribution in [1.82, 2.24) is 4.90 Å². The standard InChI is InChI=1S/C21H35NO3/c1-5-6-7-10-15-22(18(2)3)21(23)19-13-8-9-14-20(19)25-17-12-11-16-24-4/h8-9,13-14,18H,5-7,10-12,15-17H2,1-4H3. The third-order valence-corrected chi connectivity index (χ3v) is 4.25. The topological polar surface area (TPSA) is 38.8 Å². The number of hydrogen-bond acceptors (Lipinski definition) is 3. The molecule has 1 rings (SSSR count). The summed E-state index contributed by atoms with van der Waals surface area (Å²) in [5, 5.41) is 0. The van der Waals surface area contributed by atoms with Crippen LogP contribution in [0.15, 0.2) is 24.3 Å². The lowest BCUT2D eigenvalue weighted by molar-refractivity contribution is 0.0697. The lowest BCUT2D eigenvalue weighted by Gasteiger charge is -2.27. The number of methoxy groups -OCH3 is 1. The van der Waals surface area contributed by atoms with E-state index in [2.05, 4.69) is 20.8 Å². The van der Waals surface area contributed by atoms with Crippen LogP contribution in [0.1, 0.15) is 69.7 Å². The van der Waals surface area contributed by atoms with Gasteiger partial charge in [0.25, 0.3) is 5.91 Å². The Morgan fingerprint density at radius 2 is 1.76 bits per heavy atom. The molecule has 4 nitrogen and oxygen atoms in total. The van der Waals surface area contributed by atoms with Crippen LogP contribution in [0.3, 0.4) is 0 Å². The quantitative estimate of drug-likeness (QED) is 0.474. The number of unbranched alkanes of at least 4 members (excludes halogenated alkanes) is 4. The van der Waals surface area contributed by atoms with Crippen LogP contribution in [0.25, 0.3) is 0 Å². The van der Waals surface area contributed by atoms with E-state index in [1.54, 1.807) is 7.11 Å². The van der Waals surface area contributed by atoms with E-state index in [-0.39, 0.29) is 11.9 Å². The summed E-state index contributed by atoms with van der Waals surface area (Å²) < 4.78 is 10.9. The van der Waals surface area contributed by atoms with Crippen LogP contribution in [0.5, 0.6) is 5.75 Å². The van der Waals surface area contributed by atoms with Crippen molar-refractivity contribution in [3.63, 3.8) is 0 Å². The minimum atomic E-state index is 0.0685. The van der Waals surface area contributed by atoms with Crippen LogP contribution in [0.4, 0.5) is 0 Å². The molecule has 0 saturated heterocycles. The maximum absolute atomic E-state index is 13.0. The molecule has 25 heavy (non-hydrogen) atoms. The van der Waals surface area contributed by atoms with Gasteiger partial charge in [-0.25, -0.2) is 0 Å². The van der Waals surface area contributed by atoms with Crippen molar-refractivity contribution in [2.24, 2.45) is 0 Å². The first-order valence-corrected chi connectivity index (χ1v) is 9.63. The first-order valence-electron chi connectivity index (χ1n) is 9.63. The number of carbonyl (C=O) groups excluding carboxylic acids is 1. The van der Waals surface area contributed by atoms with Crippen molar-refractivity contribution < 1.29 is 14.3 Å². The van der Waals surface area contributed by atoms with Gasteiger partial charge in [-0.3, -0.25) is 4.79 Å². The zero-order valence-corrected chi connectivity index (χ0v) is 16.4. The van der Waals surface area contributed by atoms with Gasteiger partial charge in [-0.2, -0.15) is 0 Å². The normalized spacial score (nSPS) is 10.9. The highest BCUT2D eigenvalue weighted by atomic mass is 16.5. The summed E-state index contributed by atoms with van der Waals surface area (Å²) in [6, 6.07) is 7.76. The molecule has 0 spiro atoms. The first kappa shape index (κ1) is 21.5. The van der Waals surface area contributed by atoms with Crippen LogP contribution in [-0.2, 0) is 4.74 Å². The summed E-state index contributed by atoms with van der Waals surface area (Å²) in [7, 11) is 1.70. The van der Waals surface area contributed by atoms with Gasteiger partial charge in [-0.15, -0.1) is 0 Å². The highest BCUT2D eigenvalue weighted by Crippen LogP contribution is 2.22. The van der Waals surface area contributed by atoms with E-state index in [0.29, 0.717) is 17.9 Å². The molecule has 0 heterocycles. The monoisotopic (exact) mass is 349 g/mol. The minimum Gasteiger partial charge on any atom is -0.493 e. The summed E-state index contributed by atoms with van der Waals surface area (Å²) >= 11 is 0. The van der Waals surface area contributed by atoms with Gasteiger partial charge < -0.3 is 14.4 Å². The van der Waals surface area contributed by atoms with E-state index in [0.717, 1.165) is 32.4 Å². The van der Waals surface area contributed by atoms with Gasteiger partial charge in [0.15, 0.2) is 0 Å². The van der Waals surface area contributed by atoms with Crippen LogP contribution in [0.2, 0.25) is 0 Å². The predicted molar refractivity (Wildman–Crippen MR) is 103 cm³/mol. The smallest absolute Gasteiger partial charge is 0.257 e. The van der Waals surface area contributed by atoms with Gasteiger partial charge in [0.2, 0.25) is 0 Å². The molecule has 0 saturated carbocycles. The molecule has 0 fully saturated rings. The number of benzene rings is 1. The molecular weight excluding hydrogens is 314 g/mol. The maximum Gasteiger partial charge on any atom is 0.257 e. The number of carbonyl (C=O) groups is 1. The molecule has 0 aromatic heterocycles. The molecule has 0 bridgehead atoms. The van der Waals surface area contributed by atoms with Crippen molar-refractivity contribution in [2.45, 2.75) is 65.3 Å². The Hall–Kier alpha value is -1.55. The second kappa shape index (κ2) is 12.8. The van der Waals surface area contributed by atoms with Crippen molar-refractivity contribution in [1.29, 1.82) is 0 Å². The second-order valence-corrected chi connectivity index (χ2v) is 6.70. The molecular formula is C21H35NO3. The fraction of sp³-hybridized carbons (Fsp3) is 0.667. The molecule has 0 atom stereocenters. The Balaban J connectivity index is 2.70. The summed E-state index contributed by atoms with van der Waals surface area (Å²) in [6.45, 7) is 8.50. The number of para-hydroxylation sites is 1. The molecule has 0 N–H and O–H groups in total. The average Bonchev–Trinajstić information content (AvgIpc) is 2.61. The summed E-state index contributed by atoms with van der Waals surface area (Å²) in [5.41, 5.74) is 0.665. The van der Waals surface area contributed by atoms with E-state index in [1.807, 2.05) is 29.2 Å². The van der Waals surface area contributed by atoms with Crippen LogP contribution in [0, 0.1) is 0 Å². The van der Waals surface area contributed by atoms with Crippen molar-refractivity contribution in [2.75, 3.05) is 26.9 Å². The van der Waals surface area contributed by atoms with E-state index < -0.39 is 0 Å². The van der Waals surface area contributed by atoms with E-state index in [9.17, 15) is 4.79 Å². The summed E-state index contributed by atoms with van der Waals surface area (Å²) in [5.74, 6) is 0.753. The molecule has 1 aromatic rings. The van der Waals surface area contributed by atoms with Crippen molar-refractivity contribution in [3.8, 4) is 5.75 Å². The predicted octanol–water partition coefficient (Wildman–Crippen LogP) is 4.92. The van der Waals surface area contributed by atoms with Gasteiger partial charge >= 0.3 is 0 Å². The molecule has 0 aliphatic carbocycles. The van der Waals surface area contributed by atoms with Gasteiger partial charge in [0, 0.05) is 26.3 Å². The fourth-order valence-corrected chi connectivity index (χ4v) is 2.76. The number of hydrogen-bond donors (Lipinski definition) is 0. The maximum atomic E-state index is 13.0. The molecule has 4 heteroatoms. The Kier molecular flexibility index (Phi) is 11.0. The molecule has 0 radical (unpaired) electrons. The summed E-state index contributed by atoms with van der Waals surface area (Å²) in [4.78, 5) is 15.0. The van der Waals surface area contributed by atoms with Crippen LogP contribution < -0.4 is 4.74 Å². The Morgan fingerprint density at radius 3 is 2.44 bits per heavy atom. The van der Waals surface area contributed by atoms with Crippen molar-refractivity contribution >= 4 is 5.91 Å². The first-order chi connectivity index (χ1) is 12.1. The molecule has 142 valence electrons. The summed E-state index contributed by atoms with van der Waals surface area (Å²) in [6.07, 6.45) is 6.53. The fourth-order valence-electron chi connectivity index (χ4n) is 2.76. The second-order valence-electron chi connectivity index (χ2n) is 6.70. The highest BCUT2D eigenvalue weighted by Gasteiger charge is 2.21. The third kappa shape index (κ3) is 7.91. The lowest BCUT2D eigenvalue weighted by Crippen LogP contribution is -2.38. The largest absolute Gasteiger partial charge is 0.493 e. The van der Waals surface area contributed by atoms with E-state index in [1.165, 1.54) is 19.3 Å². The number of ether oxygens (including phenoxy) is 2.